The Kier molecular flexibility index (Phi) is 75.4. The van der Waals surface area contributed by atoms with Gasteiger partial charge in [0.15, 0.2) is 12.2 Å². The molecular formula is C85H162O17P2. The van der Waals surface area contributed by atoms with Gasteiger partial charge in [-0.25, -0.2) is 9.13 Å². The zero-order chi connectivity index (χ0) is 76.2. The first kappa shape index (κ1) is 102. The van der Waals surface area contributed by atoms with Crippen molar-refractivity contribution in [1.82, 2.24) is 0 Å². The van der Waals surface area contributed by atoms with Gasteiger partial charge in [0.2, 0.25) is 0 Å². The molecule has 104 heavy (non-hydrogen) atoms. The summed E-state index contributed by atoms with van der Waals surface area (Å²) >= 11 is 0. The highest BCUT2D eigenvalue weighted by atomic mass is 31.2. The molecule has 0 fully saturated rings. The molecule has 0 aromatic rings. The van der Waals surface area contributed by atoms with E-state index in [1.54, 1.807) is 0 Å². The number of hydrogen-bond acceptors (Lipinski definition) is 15. The van der Waals surface area contributed by atoms with Crippen molar-refractivity contribution in [2.45, 2.75) is 451 Å². The number of ether oxygens (including phenoxy) is 4. The van der Waals surface area contributed by atoms with E-state index in [1.807, 2.05) is 0 Å². The summed E-state index contributed by atoms with van der Waals surface area (Å²) in [7, 11) is -9.94. The van der Waals surface area contributed by atoms with Crippen LogP contribution in [0.2, 0.25) is 0 Å². The molecule has 0 bridgehead atoms. The van der Waals surface area contributed by atoms with Crippen LogP contribution in [0.15, 0.2) is 24.3 Å². The number of rotatable bonds is 83. The minimum atomic E-state index is -4.97. The van der Waals surface area contributed by atoms with Gasteiger partial charge in [-0.3, -0.25) is 37.3 Å². The predicted octanol–water partition coefficient (Wildman–Crippen LogP) is 25.5. The number of allylic oxidation sites excluding steroid dienone is 4. The average Bonchev–Trinajstić information content (AvgIpc) is 0.903. The molecule has 0 aromatic heterocycles. The van der Waals surface area contributed by atoms with Gasteiger partial charge in [-0.1, -0.05) is 380 Å². The van der Waals surface area contributed by atoms with E-state index in [-0.39, 0.29) is 25.7 Å². The van der Waals surface area contributed by atoms with Crippen LogP contribution in [0, 0.1) is 5.92 Å². The SMILES string of the molecule is CCCCCC/C=C\C=C/CCCCCCCC(=O)O[C@H](COC(=O)CCCCCCCCCCCCCC)COP(=O)(O)OC[C@H](O)COP(=O)(O)OC[C@@H](COC(=O)CCCCCCCCCCCCCCCC(C)C)OC(=O)CCCCCCCCCCCCCCCCCCCCCCC. The highest BCUT2D eigenvalue weighted by molar-refractivity contribution is 7.47. The number of aliphatic hydroxyl groups excluding tert-OH is 1. The molecule has 0 radical (unpaired) electrons. The monoisotopic (exact) mass is 1520 g/mol. The molecule has 2 unspecified atom stereocenters. The standard InChI is InChI=1S/C85H162O17P2/c1-6-9-12-15-18-21-24-27-29-30-31-32-33-34-36-40-46-51-56-61-66-71-85(90)102-81(75-96-83(88)69-64-59-54-49-44-41-37-38-42-47-52-57-62-67-78(4)5)77-100-104(93,94)98-73-79(86)72-97-103(91,92)99-76-80(74-95-82(87)68-63-58-53-48-43-26-23-20-17-14-11-8-3)101-84(89)70-65-60-55-50-45-39-35-28-25-22-19-16-13-10-7-2/h22,25,28,35,78-81,86H,6-21,23-24,26-27,29-34,36-77H2,1-5H3,(H,91,92)(H,93,94)/b25-22-,35-28-/t79-,80+,81+/m0/s1. The highest BCUT2D eigenvalue weighted by Crippen LogP contribution is 2.45. The number of esters is 4. The summed E-state index contributed by atoms with van der Waals surface area (Å²) in [5.74, 6) is -1.34. The Hall–Kier alpha value is -2.46. The second-order valence-electron chi connectivity index (χ2n) is 30.4. The zero-order valence-electron chi connectivity index (χ0n) is 67.7. The Morgan fingerprint density at radius 3 is 0.788 bits per heavy atom. The summed E-state index contributed by atoms with van der Waals surface area (Å²) in [6, 6.07) is 0. The van der Waals surface area contributed by atoms with Gasteiger partial charge in [-0.15, -0.1) is 0 Å². The van der Waals surface area contributed by atoms with Crippen LogP contribution < -0.4 is 0 Å². The Morgan fingerprint density at radius 2 is 0.519 bits per heavy atom. The minimum absolute atomic E-state index is 0.0858. The van der Waals surface area contributed by atoms with Crippen LogP contribution in [0.4, 0.5) is 0 Å². The maximum absolute atomic E-state index is 13.1. The molecule has 0 aliphatic rings. The molecule has 0 saturated carbocycles. The van der Waals surface area contributed by atoms with E-state index in [1.165, 1.54) is 244 Å². The topological polar surface area (TPSA) is 237 Å². The Morgan fingerprint density at radius 1 is 0.298 bits per heavy atom. The molecular weight excluding hydrogens is 1350 g/mol. The lowest BCUT2D eigenvalue weighted by Crippen LogP contribution is -2.30. The van der Waals surface area contributed by atoms with Crippen LogP contribution in [0.1, 0.15) is 433 Å². The van der Waals surface area contributed by atoms with Crippen LogP contribution in [0.3, 0.4) is 0 Å². The van der Waals surface area contributed by atoms with Gasteiger partial charge in [-0.05, 0) is 57.3 Å². The fourth-order valence-corrected chi connectivity index (χ4v) is 14.3. The molecule has 17 nitrogen and oxygen atoms in total. The summed E-state index contributed by atoms with van der Waals surface area (Å²) in [6.07, 6.45) is 72.9. The smallest absolute Gasteiger partial charge is 0.462 e. The average molecular weight is 1520 g/mol. The number of hydrogen-bond donors (Lipinski definition) is 3. The molecule has 3 N–H and O–H groups in total. The number of aliphatic hydroxyl groups is 1. The van der Waals surface area contributed by atoms with Crippen molar-refractivity contribution in [3.8, 4) is 0 Å². The van der Waals surface area contributed by atoms with Gasteiger partial charge < -0.3 is 33.8 Å². The van der Waals surface area contributed by atoms with Crippen molar-refractivity contribution in [2.24, 2.45) is 5.92 Å². The summed E-state index contributed by atoms with van der Waals surface area (Å²) in [6.45, 7) is 7.31. The lowest BCUT2D eigenvalue weighted by atomic mass is 10.0. The van der Waals surface area contributed by atoms with Crippen molar-refractivity contribution in [2.75, 3.05) is 39.6 Å². The first-order valence-electron chi connectivity index (χ1n) is 43.5. The molecule has 0 aromatic carbocycles. The summed E-state index contributed by atoms with van der Waals surface area (Å²) in [5, 5.41) is 10.7. The van der Waals surface area contributed by atoms with Gasteiger partial charge in [0.05, 0.1) is 26.4 Å². The predicted molar refractivity (Wildman–Crippen MR) is 428 cm³/mol. The highest BCUT2D eigenvalue weighted by Gasteiger charge is 2.30. The Labute approximate surface area is 637 Å². The van der Waals surface area contributed by atoms with Crippen molar-refractivity contribution >= 4 is 39.5 Å². The van der Waals surface area contributed by atoms with Crippen LogP contribution in [-0.2, 0) is 65.4 Å². The summed E-state index contributed by atoms with van der Waals surface area (Å²) < 4.78 is 68.8. The quantitative estimate of drug-likeness (QED) is 0.0169. The largest absolute Gasteiger partial charge is 0.472 e. The van der Waals surface area contributed by atoms with E-state index in [9.17, 15) is 43.2 Å². The van der Waals surface area contributed by atoms with E-state index in [0.717, 1.165) is 109 Å². The van der Waals surface area contributed by atoms with Gasteiger partial charge in [0.25, 0.3) is 0 Å². The van der Waals surface area contributed by atoms with E-state index >= 15 is 0 Å². The van der Waals surface area contributed by atoms with Crippen molar-refractivity contribution in [3.63, 3.8) is 0 Å². The molecule has 0 aliphatic carbocycles. The van der Waals surface area contributed by atoms with E-state index in [4.69, 9.17) is 37.0 Å². The fourth-order valence-electron chi connectivity index (χ4n) is 12.8. The molecule has 19 heteroatoms. The fraction of sp³-hybridized carbons (Fsp3) is 0.906. The first-order valence-corrected chi connectivity index (χ1v) is 46.4. The minimum Gasteiger partial charge on any atom is -0.462 e. The first-order chi connectivity index (χ1) is 50.5. The van der Waals surface area contributed by atoms with Crippen LogP contribution in [0.25, 0.3) is 0 Å². The van der Waals surface area contributed by atoms with Gasteiger partial charge in [0.1, 0.15) is 19.3 Å². The van der Waals surface area contributed by atoms with E-state index in [2.05, 4.69) is 58.9 Å². The van der Waals surface area contributed by atoms with Crippen molar-refractivity contribution in [3.05, 3.63) is 24.3 Å². The van der Waals surface area contributed by atoms with Crippen LogP contribution in [-0.4, -0.2) is 96.7 Å². The number of phosphoric acid groups is 2. The molecule has 0 rings (SSSR count). The molecule has 0 saturated heterocycles. The number of carbonyl (C=O) groups excluding carboxylic acids is 4. The lowest BCUT2D eigenvalue weighted by Gasteiger charge is -2.21. The Balaban J connectivity index is 5.27. The molecule has 0 heterocycles. The normalized spacial score (nSPS) is 13.9. The maximum Gasteiger partial charge on any atom is 0.472 e. The van der Waals surface area contributed by atoms with Crippen molar-refractivity contribution in [1.29, 1.82) is 0 Å². The van der Waals surface area contributed by atoms with Gasteiger partial charge in [-0.2, -0.15) is 0 Å². The molecule has 0 amide bonds. The lowest BCUT2D eigenvalue weighted by molar-refractivity contribution is -0.161. The maximum atomic E-state index is 13.1. The molecule has 0 aliphatic heterocycles. The molecule has 614 valence electrons. The summed E-state index contributed by atoms with van der Waals surface area (Å²) in [5.41, 5.74) is 0. The van der Waals surface area contributed by atoms with E-state index < -0.39 is 97.5 Å². The number of phosphoric ester groups is 2. The number of carbonyl (C=O) groups is 4. The van der Waals surface area contributed by atoms with Crippen LogP contribution >= 0.6 is 15.6 Å². The van der Waals surface area contributed by atoms with Crippen LogP contribution in [0.5, 0.6) is 0 Å². The van der Waals surface area contributed by atoms with Gasteiger partial charge >= 0.3 is 39.5 Å². The molecule has 0 spiro atoms. The second kappa shape index (κ2) is 77.3. The second-order valence-corrected chi connectivity index (χ2v) is 33.3. The molecule has 5 atom stereocenters. The number of unbranched alkanes of at least 4 members (excludes halogenated alkanes) is 52. The third-order valence-electron chi connectivity index (χ3n) is 19.4. The zero-order valence-corrected chi connectivity index (χ0v) is 69.4. The van der Waals surface area contributed by atoms with Gasteiger partial charge in [0, 0.05) is 25.7 Å². The third-order valence-corrected chi connectivity index (χ3v) is 21.3. The van der Waals surface area contributed by atoms with Crippen molar-refractivity contribution < 1.29 is 80.2 Å². The summed E-state index contributed by atoms with van der Waals surface area (Å²) in [4.78, 5) is 73.2. The third kappa shape index (κ3) is 77.7. The Bertz CT molecular complexity index is 2070. The van der Waals surface area contributed by atoms with E-state index in [0.29, 0.717) is 25.7 Å².